The zero-order chi connectivity index (χ0) is 11.4. The highest BCUT2D eigenvalue weighted by molar-refractivity contribution is 4.88. The van der Waals surface area contributed by atoms with Crippen LogP contribution in [0.4, 0.5) is 13.2 Å². The van der Waals surface area contributed by atoms with Gasteiger partial charge in [0.25, 0.3) is 0 Å². The van der Waals surface area contributed by atoms with Crippen LogP contribution in [0.15, 0.2) is 0 Å². The quantitative estimate of drug-likeness (QED) is 0.755. The first-order valence-corrected chi connectivity index (χ1v) is 4.82. The molecule has 1 N–H and O–H groups in total. The van der Waals surface area contributed by atoms with Crippen molar-refractivity contribution in [3.63, 3.8) is 0 Å². The van der Waals surface area contributed by atoms with E-state index in [-0.39, 0.29) is 13.0 Å². The van der Waals surface area contributed by atoms with E-state index in [1.807, 2.05) is 0 Å². The Balaban J connectivity index is 4.54. The highest BCUT2D eigenvalue weighted by atomic mass is 19.4. The van der Waals surface area contributed by atoms with Gasteiger partial charge in [-0.1, -0.05) is 20.8 Å². The maximum Gasteiger partial charge on any atom is 0.418 e. The molecule has 0 amide bonds. The summed E-state index contributed by atoms with van der Waals surface area (Å²) in [6.07, 6.45) is -4.86. The molecule has 0 spiro atoms. The predicted molar refractivity (Wildman–Crippen MR) is 49.1 cm³/mol. The Labute approximate surface area is 82.7 Å². The first-order valence-electron chi connectivity index (χ1n) is 4.82. The van der Waals surface area contributed by atoms with Crippen molar-refractivity contribution < 1.29 is 18.3 Å². The van der Waals surface area contributed by atoms with Crippen molar-refractivity contribution in [2.24, 2.45) is 0 Å². The number of rotatable bonds is 5. The van der Waals surface area contributed by atoms with Gasteiger partial charge in [-0.25, -0.2) is 0 Å². The summed E-state index contributed by atoms with van der Waals surface area (Å²) in [4.78, 5) is 1.57. The van der Waals surface area contributed by atoms with Gasteiger partial charge in [0.15, 0.2) is 5.60 Å². The second kappa shape index (κ2) is 4.98. The Morgan fingerprint density at radius 3 is 1.71 bits per heavy atom. The van der Waals surface area contributed by atoms with Crippen LogP contribution < -0.4 is 0 Å². The maximum atomic E-state index is 12.5. The third-order valence-corrected chi connectivity index (χ3v) is 2.49. The monoisotopic (exact) mass is 213 g/mol. The predicted octanol–water partition coefficient (Wildman–Crippen LogP) is 2.03. The molecule has 0 aliphatic heterocycles. The van der Waals surface area contributed by atoms with Gasteiger partial charge in [-0.2, -0.15) is 13.2 Å². The first-order chi connectivity index (χ1) is 6.30. The van der Waals surface area contributed by atoms with E-state index in [0.29, 0.717) is 13.1 Å². The molecular weight excluding hydrogens is 195 g/mol. The van der Waals surface area contributed by atoms with Crippen molar-refractivity contribution in [3.05, 3.63) is 0 Å². The normalized spacial score (nSPS) is 17.1. The topological polar surface area (TPSA) is 23.5 Å². The van der Waals surface area contributed by atoms with Crippen molar-refractivity contribution in [1.29, 1.82) is 0 Å². The van der Waals surface area contributed by atoms with Gasteiger partial charge < -0.3 is 10.0 Å². The molecular formula is C9H18F3NO. The summed E-state index contributed by atoms with van der Waals surface area (Å²) in [6.45, 7) is 5.56. The molecule has 0 heterocycles. The molecule has 1 unspecified atom stereocenters. The minimum absolute atomic E-state index is 0.312. The molecule has 0 aliphatic rings. The number of alkyl halides is 3. The van der Waals surface area contributed by atoms with Gasteiger partial charge >= 0.3 is 6.18 Å². The number of aliphatic hydroxyl groups is 1. The van der Waals surface area contributed by atoms with E-state index in [1.165, 1.54) is 6.92 Å². The Morgan fingerprint density at radius 2 is 1.50 bits per heavy atom. The minimum Gasteiger partial charge on any atom is -0.379 e. The van der Waals surface area contributed by atoms with E-state index in [1.54, 1.807) is 18.7 Å². The number of halogens is 3. The van der Waals surface area contributed by atoms with E-state index < -0.39 is 11.8 Å². The Hall–Kier alpha value is -0.290. The summed E-state index contributed by atoms with van der Waals surface area (Å²) >= 11 is 0. The standard InChI is InChI=1S/C9H18F3NO/c1-4-8(14,9(10,11)12)7-13(5-2)6-3/h14H,4-7H2,1-3H3. The summed E-state index contributed by atoms with van der Waals surface area (Å²) < 4.78 is 37.4. The number of nitrogens with zero attached hydrogens (tertiary/aromatic N) is 1. The Morgan fingerprint density at radius 1 is 1.07 bits per heavy atom. The average molecular weight is 213 g/mol. The third-order valence-electron chi connectivity index (χ3n) is 2.49. The molecule has 0 radical (unpaired) electrons. The summed E-state index contributed by atoms with van der Waals surface area (Å²) in [7, 11) is 0. The number of hydrogen-bond acceptors (Lipinski definition) is 2. The van der Waals surface area contributed by atoms with Crippen molar-refractivity contribution in [3.8, 4) is 0 Å². The molecule has 1 atom stereocenters. The maximum absolute atomic E-state index is 12.5. The van der Waals surface area contributed by atoms with Crippen LogP contribution in [-0.2, 0) is 0 Å². The highest BCUT2D eigenvalue weighted by Crippen LogP contribution is 2.33. The first kappa shape index (κ1) is 13.7. The molecule has 0 bridgehead atoms. The Bertz CT molecular complexity index is 168. The molecule has 0 rings (SSSR count). The number of likely N-dealkylation sites (N-methyl/N-ethyl adjacent to an activating group) is 1. The molecule has 0 aliphatic carbocycles. The summed E-state index contributed by atoms with van der Waals surface area (Å²) in [5.74, 6) is 0. The molecule has 0 fully saturated rings. The van der Waals surface area contributed by atoms with Crippen LogP contribution in [0.5, 0.6) is 0 Å². The van der Waals surface area contributed by atoms with Gasteiger partial charge in [-0.15, -0.1) is 0 Å². The van der Waals surface area contributed by atoms with Crippen molar-refractivity contribution >= 4 is 0 Å². The zero-order valence-corrected chi connectivity index (χ0v) is 8.86. The molecule has 0 aromatic carbocycles. The minimum atomic E-state index is -4.55. The van der Waals surface area contributed by atoms with Gasteiger partial charge in [0, 0.05) is 6.54 Å². The average Bonchev–Trinajstić information content (AvgIpc) is 2.12. The highest BCUT2D eigenvalue weighted by Gasteiger charge is 2.52. The summed E-state index contributed by atoms with van der Waals surface area (Å²) in [6, 6.07) is 0. The SMILES string of the molecule is CCN(CC)CC(O)(CC)C(F)(F)F. The van der Waals surface area contributed by atoms with Gasteiger partial charge in [-0.05, 0) is 19.5 Å². The van der Waals surface area contributed by atoms with Crippen LogP contribution in [0.25, 0.3) is 0 Å². The molecule has 14 heavy (non-hydrogen) atoms. The van der Waals surface area contributed by atoms with Crippen LogP contribution in [0.1, 0.15) is 27.2 Å². The molecule has 5 heteroatoms. The van der Waals surface area contributed by atoms with E-state index >= 15 is 0 Å². The summed E-state index contributed by atoms with van der Waals surface area (Å²) in [5.41, 5.74) is -2.57. The second-order valence-corrected chi connectivity index (χ2v) is 3.34. The van der Waals surface area contributed by atoms with Gasteiger partial charge in [0.1, 0.15) is 0 Å². The molecule has 0 saturated carbocycles. The summed E-state index contributed by atoms with van der Waals surface area (Å²) in [5, 5.41) is 9.42. The molecule has 0 saturated heterocycles. The smallest absolute Gasteiger partial charge is 0.379 e. The van der Waals surface area contributed by atoms with Crippen molar-refractivity contribution in [2.75, 3.05) is 19.6 Å². The fourth-order valence-corrected chi connectivity index (χ4v) is 1.22. The van der Waals surface area contributed by atoms with E-state index in [0.717, 1.165) is 0 Å². The fourth-order valence-electron chi connectivity index (χ4n) is 1.22. The Kier molecular flexibility index (Phi) is 4.88. The van der Waals surface area contributed by atoms with Crippen LogP contribution in [0, 0.1) is 0 Å². The lowest BCUT2D eigenvalue weighted by Crippen LogP contribution is -2.53. The van der Waals surface area contributed by atoms with Crippen LogP contribution in [0.3, 0.4) is 0 Å². The molecule has 0 aromatic rings. The lowest BCUT2D eigenvalue weighted by molar-refractivity contribution is -0.265. The van der Waals surface area contributed by atoms with E-state index in [2.05, 4.69) is 0 Å². The molecule has 0 aromatic heterocycles. The number of hydrogen-bond donors (Lipinski definition) is 1. The van der Waals surface area contributed by atoms with E-state index in [9.17, 15) is 18.3 Å². The fraction of sp³-hybridized carbons (Fsp3) is 1.00. The van der Waals surface area contributed by atoms with Crippen LogP contribution in [0.2, 0.25) is 0 Å². The molecule has 2 nitrogen and oxygen atoms in total. The van der Waals surface area contributed by atoms with Gasteiger partial charge in [0.2, 0.25) is 0 Å². The van der Waals surface area contributed by atoms with Crippen LogP contribution in [-0.4, -0.2) is 41.4 Å². The van der Waals surface area contributed by atoms with Crippen molar-refractivity contribution in [2.45, 2.75) is 39.0 Å². The van der Waals surface area contributed by atoms with E-state index in [4.69, 9.17) is 0 Å². The lowest BCUT2D eigenvalue weighted by atomic mass is 9.99. The largest absolute Gasteiger partial charge is 0.418 e. The lowest BCUT2D eigenvalue weighted by Gasteiger charge is -2.34. The van der Waals surface area contributed by atoms with Crippen molar-refractivity contribution in [1.82, 2.24) is 4.90 Å². The molecule has 86 valence electrons. The second-order valence-electron chi connectivity index (χ2n) is 3.34. The van der Waals surface area contributed by atoms with Gasteiger partial charge in [0.05, 0.1) is 0 Å². The van der Waals surface area contributed by atoms with Gasteiger partial charge in [-0.3, -0.25) is 0 Å². The zero-order valence-electron chi connectivity index (χ0n) is 8.86. The van der Waals surface area contributed by atoms with Crippen LogP contribution >= 0.6 is 0 Å². The third kappa shape index (κ3) is 3.13.